The molecule has 18 heavy (non-hydrogen) atoms. The Bertz CT molecular complexity index is 382. The largest absolute Gasteiger partial charge is 0.496 e. The van der Waals surface area contributed by atoms with Crippen LogP contribution in [0.15, 0.2) is 18.2 Å². The summed E-state index contributed by atoms with van der Waals surface area (Å²) in [5.41, 5.74) is 5.88. The molecule has 4 heteroatoms. The maximum absolute atomic E-state index is 13.8. The first kappa shape index (κ1) is 14.9. The lowest BCUT2D eigenvalue weighted by atomic mass is 9.88. The molecule has 0 aromatic heterocycles. The van der Waals surface area contributed by atoms with Crippen LogP contribution in [0.25, 0.3) is 0 Å². The van der Waals surface area contributed by atoms with Crippen molar-refractivity contribution in [1.29, 1.82) is 0 Å². The fraction of sp³-hybridized carbons (Fsp3) is 0.571. The maximum Gasteiger partial charge on any atom is 0.132 e. The first-order chi connectivity index (χ1) is 8.51. The van der Waals surface area contributed by atoms with Gasteiger partial charge in [-0.15, -0.1) is 0 Å². The molecule has 0 aliphatic carbocycles. The molecule has 2 unspecified atom stereocenters. The zero-order valence-corrected chi connectivity index (χ0v) is 11.2. The molecule has 1 aromatic rings. The number of ether oxygens (including phenoxy) is 1. The third kappa shape index (κ3) is 3.43. The molecule has 0 saturated heterocycles. The monoisotopic (exact) mass is 255 g/mol. The Balaban J connectivity index is 3.04. The van der Waals surface area contributed by atoms with Crippen LogP contribution in [0.5, 0.6) is 5.75 Å². The third-order valence-corrected chi connectivity index (χ3v) is 3.05. The van der Waals surface area contributed by atoms with Crippen molar-refractivity contribution in [3.8, 4) is 5.75 Å². The summed E-state index contributed by atoms with van der Waals surface area (Å²) < 4.78 is 18.9. The molecule has 1 aromatic carbocycles. The molecule has 0 aliphatic heterocycles. The van der Waals surface area contributed by atoms with Gasteiger partial charge in [0.1, 0.15) is 11.6 Å². The lowest BCUT2D eigenvalue weighted by molar-refractivity contribution is 0.0931. The Labute approximate surface area is 108 Å². The van der Waals surface area contributed by atoms with E-state index in [1.54, 1.807) is 12.1 Å². The van der Waals surface area contributed by atoms with Crippen LogP contribution in [-0.2, 0) is 0 Å². The van der Waals surface area contributed by atoms with E-state index in [0.29, 0.717) is 18.2 Å². The van der Waals surface area contributed by atoms with Gasteiger partial charge in [0.25, 0.3) is 0 Å². The van der Waals surface area contributed by atoms with Crippen molar-refractivity contribution in [3.63, 3.8) is 0 Å². The molecule has 0 fully saturated rings. The second-order valence-corrected chi connectivity index (χ2v) is 4.93. The summed E-state index contributed by atoms with van der Waals surface area (Å²) in [5.74, 6) is 0.135. The highest BCUT2D eigenvalue weighted by molar-refractivity contribution is 5.36. The van der Waals surface area contributed by atoms with Gasteiger partial charge in [0, 0.05) is 5.92 Å². The van der Waals surface area contributed by atoms with Gasteiger partial charge in [0.15, 0.2) is 0 Å². The van der Waals surface area contributed by atoms with E-state index in [4.69, 9.17) is 10.5 Å². The zero-order valence-electron chi connectivity index (χ0n) is 11.2. The van der Waals surface area contributed by atoms with Crippen molar-refractivity contribution >= 4 is 0 Å². The van der Waals surface area contributed by atoms with E-state index in [0.717, 1.165) is 6.42 Å². The Hall–Kier alpha value is -1.13. The Morgan fingerprint density at radius 2 is 2.06 bits per heavy atom. The van der Waals surface area contributed by atoms with E-state index >= 15 is 0 Å². The van der Waals surface area contributed by atoms with Crippen molar-refractivity contribution < 1.29 is 14.2 Å². The highest BCUT2D eigenvalue weighted by Crippen LogP contribution is 2.34. The minimum absolute atomic E-state index is 0.171. The van der Waals surface area contributed by atoms with E-state index in [2.05, 4.69) is 0 Å². The van der Waals surface area contributed by atoms with Crippen LogP contribution in [0.1, 0.15) is 31.9 Å². The van der Waals surface area contributed by atoms with E-state index in [9.17, 15) is 9.50 Å². The van der Waals surface area contributed by atoms with Crippen LogP contribution in [0, 0.1) is 17.7 Å². The first-order valence-corrected chi connectivity index (χ1v) is 6.21. The molecular weight excluding hydrogens is 233 g/mol. The summed E-state index contributed by atoms with van der Waals surface area (Å²) in [6.45, 7) is 4.42. The normalized spacial score (nSPS) is 14.6. The van der Waals surface area contributed by atoms with Gasteiger partial charge >= 0.3 is 0 Å². The number of halogens is 1. The average Bonchev–Trinajstić information content (AvgIpc) is 2.34. The van der Waals surface area contributed by atoms with Crippen molar-refractivity contribution in [2.75, 3.05) is 13.7 Å². The van der Waals surface area contributed by atoms with Gasteiger partial charge in [-0.2, -0.15) is 0 Å². The van der Waals surface area contributed by atoms with Crippen LogP contribution >= 0.6 is 0 Å². The van der Waals surface area contributed by atoms with Crippen LogP contribution in [0.3, 0.4) is 0 Å². The molecule has 102 valence electrons. The van der Waals surface area contributed by atoms with Gasteiger partial charge in [-0.25, -0.2) is 4.39 Å². The highest BCUT2D eigenvalue weighted by atomic mass is 19.1. The maximum atomic E-state index is 13.8. The van der Waals surface area contributed by atoms with E-state index < -0.39 is 11.9 Å². The number of hydrogen-bond acceptors (Lipinski definition) is 3. The number of rotatable bonds is 6. The molecule has 0 saturated carbocycles. The Morgan fingerprint density at radius 3 is 2.56 bits per heavy atom. The van der Waals surface area contributed by atoms with Crippen LogP contribution in [-0.4, -0.2) is 18.8 Å². The van der Waals surface area contributed by atoms with Crippen LogP contribution in [0.4, 0.5) is 4.39 Å². The van der Waals surface area contributed by atoms with Gasteiger partial charge in [-0.3, -0.25) is 0 Å². The fourth-order valence-electron chi connectivity index (χ4n) is 2.18. The quantitative estimate of drug-likeness (QED) is 0.821. The first-order valence-electron chi connectivity index (χ1n) is 6.21. The number of methoxy groups -OCH3 is 1. The van der Waals surface area contributed by atoms with Crippen LogP contribution in [0.2, 0.25) is 0 Å². The van der Waals surface area contributed by atoms with Gasteiger partial charge in [0.2, 0.25) is 0 Å². The molecular formula is C14H22FNO2. The Morgan fingerprint density at radius 1 is 1.39 bits per heavy atom. The smallest absolute Gasteiger partial charge is 0.132 e. The van der Waals surface area contributed by atoms with Crippen molar-refractivity contribution in [1.82, 2.24) is 0 Å². The van der Waals surface area contributed by atoms with Crippen LogP contribution < -0.4 is 10.5 Å². The molecule has 0 heterocycles. The predicted octanol–water partition coefficient (Wildman–Crippen LogP) is 2.49. The minimum atomic E-state index is -0.937. The van der Waals surface area contributed by atoms with E-state index in [1.165, 1.54) is 13.2 Å². The molecule has 0 amide bonds. The summed E-state index contributed by atoms with van der Waals surface area (Å²) >= 11 is 0. The van der Waals surface area contributed by atoms with E-state index in [1.807, 2.05) is 13.8 Å². The summed E-state index contributed by atoms with van der Waals surface area (Å²) in [6, 6.07) is 4.53. The average molecular weight is 255 g/mol. The zero-order chi connectivity index (χ0) is 13.7. The highest BCUT2D eigenvalue weighted by Gasteiger charge is 2.26. The van der Waals surface area contributed by atoms with Gasteiger partial charge < -0.3 is 15.6 Å². The fourth-order valence-corrected chi connectivity index (χ4v) is 2.18. The predicted molar refractivity (Wildman–Crippen MR) is 69.9 cm³/mol. The number of benzene rings is 1. The molecule has 0 aliphatic rings. The third-order valence-electron chi connectivity index (χ3n) is 3.05. The lowest BCUT2D eigenvalue weighted by Gasteiger charge is -2.25. The number of aliphatic hydroxyl groups is 1. The van der Waals surface area contributed by atoms with E-state index in [-0.39, 0.29) is 11.5 Å². The topological polar surface area (TPSA) is 55.5 Å². The number of nitrogens with two attached hydrogens (primary N) is 1. The number of aliphatic hydroxyl groups excluding tert-OH is 1. The summed E-state index contributed by atoms with van der Waals surface area (Å²) in [6.07, 6.45) is -0.191. The van der Waals surface area contributed by atoms with Gasteiger partial charge in [-0.05, 0) is 31.0 Å². The SMILES string of the molecule is COc1cccc(F)c1C(O)C(CN)CC(C)C. The van der Waals surface area contributed by atoms with Gasteiger partial charge in [-0.1, -0.05) is 19.9 Å². The number of hydrogen-bond donors (Lipinski definition) is 2. The lowest BCUT2D eigenvalue weighted by Crippen LogP contribution is -2.24. The molecule has 0 spiro atoms. The van der Waals surface area contributed by atoms with Crippen molar-refractivity contribution in [2.24, 2.45) is 17.6 Å². The summed E-state index contributed by atoms with van der Waals surface area (Å²) in [7, 11) is 1.46. The molecule has 2 atom stereocenters. The second-order valence-electron chi connectivity index (χ2n) is 4.93. The second kappa shape index (κ2) is 6.71. The van der Waals surface area contributed by atoms with Crippen molar-refractivity contribution in [2.45, 2.75) is 26.4 Å². The molecule has 0 radical (unpaired) electrons. The molecule has 3 N–H and O–H groups in total. The summed E-state index contributed by atoms with van der Waals surface area (Å²) in [4.78, 5) is 0. The summed E-state index contributed by atoms with van der Waals surface area (Å²) in [5, 5.41) is 10.3. The molecule has 0 bridgehead atoms. The van der Waals surface area contributed by atoms with Gasteiger partial charge in [0.05, 0.1) is 18.8 Å². The Kier molecular flexibility index (Phi) is 5.56. The minimum Gasteiger partial charge on any atom is -0.496 e. The molecule has 3 nitrogen and oxygen atoms in total. The molecule has 1 rings (SSSR count). The standard InChI is InChI=1S/C14H22FNO2/c1-9(2)7-10(8-16)14(17)13-11(15)5-4-6-12(13)18-3/h4-6,9-10,14,17H,7-8,16H2,1-3H3. The van der Waals surface area contributed by atoms with Crippen molar-refractivity contribution in [3.05, 3.63) is 29.6 Å².